The minimum atomic E-state index is -3.68. The van der Waals surface area contributed by atoms with Crippen LogP contribution in [0.1, 0.15) is 44.6 Å². The first-order valence-corrected chi connectivity index (χ1v) is 9.92. The molecule has 8 heteroatoms. The summed E-state index contributed by atoms with van der Waals surface area (Å²) in [6.07, 6.45) is 5.48. The van der Waals surface area contributed by atoms with Crippen LogP contribution < -0.4 is 15.8 Å². The first kappa shape index (κ1) is 21.9. The lowest BCUT2D eigenvalue weighted by Crippen LogP contribution is -2.45. The number of carbonyl (C=O) groups is 1. The fourth-order valence-electron chi connectivity index (χ4n) is 3.23. The average molecular weight is 390 g/mol. The van der Waals surface area contributed by atoms with Crippen LogP contribution in [-0.4, -0.2) is 26.9 Å². The van der Waals surface area contributed by atoms with Gasteiger partial charge >= 0.3 is 0 Å². The summed E-state index contributed by atoms with van der Waals surface area (Å²) in [7, 11) is -3.68. The molecule has 2 rings (SSSR count). The minimum absolute atomic E-state index is 0. The Labute approximate surface area is 156 Å². The lowest BCUT2D eigenvalue weighted by atomic mass is 9.84. The molecule has 0 bridgehead atoms. The molecule has 0 heterocycles. The fraction of sp³-hybridized carbons (Fsp3) is 0.588. The maximum Gasteiger partial charge on any atom is 0.240 e. The van der Waals surface area contributed by atoms with E-state index in [9.17, 15) is 13.2 Å². The largest absolute Gasteiger partial charge is 0.329 e. The molecule has 1 aromatic carbocycles. The van der Waals surface area contributed by atoms with Gasteiger partial charge in [0.05, 0.1) is 4.90 Å². The maximum absolute atomic E-state index is 12.7. The number of aryl methyl sites for hydroxylation is 1. The number of benzene rings is 1. The maximum atomic E-state index is 12.7. The highest BCUT2D eigenvalue weighted by molar-refractivity contribution is 7.89. The summed E-state index contributed by atoms with van der Waals surface area (Å²) in [6.45, 7) is 3.50. The molecule has 1 atom stereocenters. The number of nitrogens with two attached hydrogens (primary N) is 1. The fourth-order valence-corrected chi connectivity index (χ4v) is 4.58. The highest BCUT2D eigenvalue weighted by Crippen LogP contribution is 2.27. The van der Waals surface area contributed by atoms with Crippen molar-refractivity contribution in [3.8, 4) is 0 Å². The van der Waals surface area contributed by atoms with Crippen LogP contribution in [0.4, 0.5) is 5.69 Å². The van der Waals surface area contributed by atoms with Crippen molar-refractivity contribution >= 4 is 34.0 Å². The molecule has 0 radical (unpaired) electrons. The van der Waals surface area contributed by atoms with Crippen molar-refractivity contribution in [3.63, 3.8) is 0 Å². The first-order chi connectivity index (χ1) is 11.3. The summed E-state index contributed by atoms with van der Waals surface area (Å²) in [4.78, 5) is 11.4. The second-order valence-corrected chi connectivity index (χ2v) is 8.23. The number of nitrogens with one attached hydrogen (secondary N) is 2. The number of rotatable bonds is 6. The summed E-state index contributed by atoms with van der Waals surface area (Å²) >= 11 is 0. The van der Waals surface area contributed by atoms with Crippen molar-refractivity contribution in [3.05, 3.63) is 23.8 Å². The summed E-state index contributed by atoms with van der Waals surface area (Å²) in [6, 6.07) is 4.49. The molecule has 142 valence electrons. The van der Waals surface area contributed by atoms with E-state index in [1.165, 1.54) is 19.4 Å². The lowest BCUT2D eigenvalue weighted by Gasteiger charge is -2.29. The molecule has 25 heavy (non-hydrogen) atoms. The molecule has 1 amide bonds. The van der Waals surface area contributed by atoms with Gasteiger partial charge in [0.1, 0.15) is 0 Å². The Kier molecular flexibility index (Phi) is 8.34. The van der Waals surface area contributed by atoms with Crippen molar-refractivity contribution in [1.29, 1.82) is 0 Å². The Morgan fingerprint density at radius 3 is 2.48 bits per heavy atom. The molecule has 0 spiro atoms. The lowest BCUT2D eigenvalue weighted by molar-refractivity contribution is -0.114. The predicted molar refractivity (Wildman–Crippen MR) is 102 cm³/mol. The number of halogens is 1. The standard InChI is InChI=1S/C17H27N3O3S.ClH/c1-12-8-9-15(10-16(12)19-13(2)21)24(22,23)20-17(11-18)14-6-4-3-5-7-14;/h8-10,14,17,20H,3-7,11,18H2,1-2H3,(H,19,21);1H. The van der Waals surface area contributed by atoms with Crippen LogP contribution in [0.25, 0.3) is 0 Å². The second kappa shape index (κ2) is 9.52. The van der Waals surface area contributed by atoms with E-state index in [1.54, 1.807) is 12.1 Å². The molecule has 1 unspecified atom stereocenters. The Morgan fingerprint density at radius 1 is 1.28 bits per heavy atom. The van der Waals surface area contributed by atoms with Crippen molar-refractivity contribution in [2.75, 3.05) is 11.9 Å². The van der Waals surface area contributed by atoms with Gasteiger partial charge < -0.3 is 11.1 Å². The molecule has 6 nitrogen and oxygen atoms in total. The Morgan fingerprint density at radius 2 is 1.92 bits per heavy atom. The zero-order valence-electron chi connectivity index (χ0n) is 14.7. The number of anilines is 1. The van der Waals surface area contributed by atoms with E-state index in [1.807, 2.05) is 6.92 Å². The highest BCUT2D eigenvalue weighted by Gasteiger charge is 2.27. The van der Waals surface area contributed by atoms with E-state index >= 15 is 0 Å². The Bertz CT molecular complexity index is 688. The molecule has 1 aromatic rings. The third-order valence-electron chi connectivity index (χ3n) is 4.61. The van der Waals surface area contributed by atoms with E-state index in [4.69, 9.17) is 5.73 Å². The smallest absolute Gasteiger partial charge is 0.240 e. The third kappa shape index (κ3) is 5.95. The van der Waals surface area contributed by atoms with Crippen LogP contribution in [0.2, 0.25) is 0 Å². The summed E-state index contributed by atoms with van der Waals surface area (Å²) in [5, 5.41) is 2.66. The van der Waals surface area contributed by atoms with Gasteiger partial charge in [-0.3, -0.25) is 4.79 Å². The molecular weight excluding hydrogens is 362 g/mol. The predicted octanol–water partition coefficient (Wildman–Crippen LogP) is 2.56. The van der Waals surface area contributed by atoms with Crippen molar-refractivity contribution < 1.29 is 13.2 Å². The second-order valence-electron chi connectivity index (χ2n) is 6.52. The molecule has 4 N–H and O–H groups in total. The molecular formula is C17H28ClN3O3S. The van der Waals surface area contributed by atoms with Crippen LogP contribution in [0.5, 0.6) is 0 Å². The molecule has 1 saturated carbocycles. The van der Waals surface area contributed by atoms with Gasteiger partial charge in [0.15, 0.2) is 0 Å². The molecule has 1 fully saturated rings. The van der Waals surface area contributed by atoms with E-state index in [0.29, 0.717) is 11.6 Å². The van der Waals surface area contributed by atoms with E-state index in [-0.39, 0.29) is 35.8 Å². The van der Waals surface area contributed by atoms with E-state index in [2.05, 4.69) is 10.0 Å². The molecule has 0 aromatic heterocycles. The van der Waals surface area contributed by atoms with Gasteiger partial charge in [-0.25, -0.2) is 13.1 Å². The van der Waals surface area contributed by atoms with Crippen molar-refractivity contribution in [2.45, 2.75) is 56.9 Å². The van der Waals surface area contributed by atoms with Gasteiger partial charge in [0.25, 0.3) is 0 Å². The molecule has 1 aliphatic rings. The van der Waals surface area contributed by atoms with Gasteiger partial charge in [0.2, 0.25) is 15.9 Å². The summed E-state index contributed by atoms with van der Waals surface area (Å²) in [5.41, 5.74) is 7.14. The number of amides is 1. The highest BCUT2D eigenvalue weighted by atomic mass is 35.5. The zero-order chi connectivity index (χ0) is 17.7. The topological polar surface area (TPSA) is 101 Å². The van der Waals surface area contributed by atoms with Crippen LogP contribution in [0.15, 0.2) is 23.1 Å². The number of sulfonamides is 1. The third-order valence-corrected chi connectivity index (χ3v) is 6.10. The van der Waals surface area contributed by atoms with Crippen LogP contribution >= 0.6 is 12.4 Å². The number of carbonyl (C=O) groups excluding carboxylic acids is 1. The minimum Gasteiger partial charge on any atom is -0.329 e. The van der Waals surface area contributed by atoms with E-state index < -0.39 is 10.0 Å². The quantitative estimate of drug-likeness (QED) is 0.695. The Balaban J connectivity index is 0.00000312. The SMILES string of the molecule is CC(=O)Nc1cc(S(=O)(=O)NC(CN)C2CCCCC2)ccc1C.Cl. The van der Waals surface area contributed by atoms with Crippen LogP contribution in [-0.2, 0) is 14.8 Å². The van der Waals surface area contributed by atoms with Crippen LogP contribution in [0, 0.1) is 12.8 Å². The number of hydrogen-bond acceptors (Lipinski definition) is 4. The molecule has 0 aliphatic heterocycles. The van der Waals surface area contributed by atoms with Crippen molar-refractivity contribution in [1.82, 2.24) is 4.72 Å². The first-order valence-electron chi connectivity index (χ1n) is 8.44. The molecule has 0 saturated heterocycles. The van der Waals surface area contributed by atoms with Gasteiger partial charge in [-0.15, -0.1) is 12.4 Å². The van der Waals surface area contributed by atoms with Gasteiger partial charge in [-0.2, -0.15) is 0 Å². The van der Waals surface area contributed by atoms with Crippen molar-refractivity contribution in [2.24, 2.45) is 11.7 Å². The van der Waals surface area contributed by atoms with Gasteiger partial charge in [0, 0.05) is 25.2 Å². The number of hydrogen-bond donors (Lipinski definition) is 3. The zero-order valence-corrected chi connectivity index (χ0v) is 16.4. The molecule has 1 aliphatic carbocycles. The van der Waals surface area contributed by atoms with E-state index in [0.717, 1.165) is 31.2 Å². The average Bonchev–Trinajstić information content (AvgIpc) is 2.55. The summed E-state index contributed by atoms with van der Waals surface area (Å²) in [5.74, 6) is 0.0569. The van der Waals surface area contributed by atoms with Gasteiger partial charge in [-0.05, 0) is 43.4 Å². The van der Waals surface area contributed by atoms with Gasteiger partial charge in [-0.1, -0.05) is 25.3 Å². The summed E-state index contributed by atoms with van der Waals surface area (Å²) < 4.78 is 28.2. The monoisotopic (exact) mass is 389 g/mol. The normalized spacial score (nSPS) is 16.8. The van der Waals surface area contributed by atoms with Crippen LogP contribution in [0.3, 0.4) is 0 Å². The Hall–Kier alpha value is -1.15.